The molecule has 2 heterocycles. The molecule has 0 saturated carbocycles. The van der Waals surface area contributed by atoms with Crippen LogP contribution in [0.4, 0.5) is 4.79 Å². The molecule has 0 bridgehead atoms. The molecule has 0 unspecified atom stereocenters. The van der Waals surface area contributed by atoms with Gasteiger partial charge in [0.1, 0.15) is 5.60 Å². The SMILES string of the molecule is COC[C@@H]1C[C@@H](NCc2sc(Br)nc2C(=O)O)CN1C(=O)OC(C)(C)C. The molecule has 1 saturated heterocycles. The first-order valence-corrected chi connectivity index (χ1v) is 9.82. The number of carbonyl (C=O) groups is 2. The monoisotopic (exact) mass is 449 g/mol. The van der Waals surface area contributed by atoms with E-state index in [0.29, 0.717) is 34.9 Å². The largest absolute Gasteiger partial charge is 0.476 e. The summed E-state index contributed by atoms with van der Waals surface area (Å²) >= 11 is 4.51. The number of aromatic nitrogens is 1. The van der Waals surface area contributed by atoms with Crippen LogP contribution in [0.25, 0.3) is 0 Å². The van der Waals surface area contributed by atoms with Gasteiger partial charge in [-0.15, -0.1) is 11.3 Å². The zero-order valence-electron chi connectivity index (χ0n) is 15.2. The second-order valence-electron chi connectivity index (χ2n) is 7.10. The quantitative estimate of drug-likeness (QED) is 0.687. The lowest BCUT2D eigenvalue weighted by Gasteiger charge is -2.28. The van der Waals surface area contributed by atoms with E-state index < -0.39 is 11.6 Å². The summed E-state index contributed by atoms with van der Waals surface area (Å²) in [7, 11) is 1.60. The minimum Gasteiger partial charge on any atom is -0.476 e. The molecule has 2 rings (SSSR count). The fraction of sp³-hybridized carbons (Fsp3) is 0.688. The topological polar surface area (TPSA) is 101 Å². The highest BCUT2D eigenvalue weighted by molar-refractivity contribution is 9.11. The predicted molar refractivity (Wildman–Crippen MR) is 101 cm³/mol. The normalized spacial score (nSPS) is 20.4. The number of methoxy groups -OCH3 is 1. The number of amides is 1. The van der Waals surface area contributed by atoms with Crippen molar-refractivity contribution in [2.45, 2.75) is 51.4 Å². The second-order valence-corrected chi connectivity index (χ2v) is 9.46. The molecule has 146 valence electrons. The molecule has 1 fully saturated rings. The lowest BCUT2D eigenvalue weighted by Crippen LogP contribution is -2.42. The van der Waals surface area contributed by atoms with Crippen LogP contribution in [0.5, 0.6) is 0 Å². The number of hydrogen-bond donors (Lipinski definition) is 2. The Balaban J connectivity index is 2.01. The molecule has 26 heavy (non-hydrogen) atoms. The van der Waals surface area contributed by atoms with Crippen molar-refractivity contribution in [3.63, 3.8) is 0 Å². The Hall–Kier alpha value is -1.23. The average Bonchev–Trinajstić information content (AvgIpc) is 3.07. The molecular formula is C16H24BrN3O5S. The molecule has 0 radical (unpaired) electrons. The minimum absolute atomic E-state index is 0.0187. The average molecular weight is 450 g/mol. The van der Waals surface area contributed by atoms with Crippen LogP contribution in [-0.2, 0) is 16.0 Å². The maximum atomic E-state index is 12.4. The van der Waals surface area contributed by atoms with E-state index in [2.05, 4.69) is 26.2 Å². The molecule has 2 atom stereocenters. The smallest absolute Gasteiger partial charge is 0.410 e. The third-order valence-corrected chi connectivity index (χ3v) is 5.33. The van der Waals surface area contributed by atoms with Crippen molar-refractivity contribution in [3.8, 4) is 0 Å². The van der Waals surface area contributed by atoms with E-state index in [1.165, 1.54) is 11.3 Å². The highest BCUT2D eigenvalue weighted by Gasteiger charge is 2.37. The summed E-state index contributed by atoms with van der Waals surface area (Å²) in [6.07, 6.45) is 0.339. The summed E-state index contributed by atoms with van der Waals surface area (Å²) in [5.41, 5.74) is -0.518. The Bertz CT molecular complexity index is 661. The van der Waals surface area contributed by atoms with E-state index in [9.17, 15) is 14.7 Å². The zero-order chi connectivity index (χ0) is 19.5. The first-order chi connectivity index (χ1) is 12.1. The molecule has 0 aliphatic carbocycles. The van der Waals surface area contributed by atoms with Crippen LogP contribution in [0.2, 0.25) is 0 Å². The zero-order valence-corrected chi connectivity index (χ0v) is 17.6. The summed E-state index contributed by atoms with van der Waals surface area (Å²) in [6, 6.07) is -0.0651. The molecule has 1 aliphatic rings. The van der Waals surface area contributed by atoms with Crippen molar-refractivity contribution in [3.05, 3.63) is 14.5 Å². The third-order valence-electron chi connectivity index (χ3n) is 3.83. The first-order valence-electron chi connectivity index (χ1n) is 8.21. The van der Waals surface area contributed by atoms with Gasteiger partial charge in [0.25, 0.3) is 0 Å². The van der Waals surface area contributed by atoms with Crippen molar-refractivity contribution in [2.75, 3.05) is 20.3 Å². The van der Waals surface area contributed by atoms with Gasteiger partial charge in [0.2, 0.25) is 0 Å². The number of thiazole rings is 1. The molecule has 2 N–H and O–H groups in total. The van der Waals surface area contributed by atoms with Gasteiger partial charge in [-0.3, -0.25) is 0 Å². The molecule has 1 aromatic heterocycles. The van der Waals surface area contributed by atoms with E-state index in [-0.39, 0.29) is 23.9 Å². The molecule has 0 aromatic carbocycles. The number of carboxylic acids is 1. The van der Waals surface area contributed by atoms with Gasteiger partial charge in [-0.1, -0.05) is 0 Å². The fourth-order valence-electron chi connectivity index (χ4n) is 2.81. The van der Waals surface area contributed by atoms with Crippen LogP contribution in [-0.4, -0.2) is 65.0 Å². The standard InChI is InChI=1S/C16H24BrN3O5S/c1-16(2,3)25-15(23)20-7-9(5-10(20)8-24-4)18-6-11-12(13(21)22)19-14(17)26-11/h9-10,18H,5-8H2,1-4H3,(H,21,22)/t9-,10+/m1/s1. The van der Waals surface area contributed by atoms with Crippen molar-refractivity contribution in [2.24, 2.45) is 0 Å². The number of hydrogen-bond acceptors (Lipinski definition) is 7. The number of carbonyl (C=O) groups excluding carboxylic acids is 1. The maximum absolute atomic E-state index is 12.4. The van der Waals surface area contributed by atoms with Gasteiger partial charge in [0.05, 0.1) is 17.5 Å². The number of likely N-dealkylation sites (tertiary alicyclic amines) is 1. The lowest BCUT2D eigenvalue weighted by molar-refractivity contribution is 0.0146. The van der Waals surface area contributed by atoms with E-state index in [1.54, 1.807) is 12.0 Å². The highest BCUT2D eigenvalue weighted by atomic mass is 79.9. The summed E-state index contributed by atoms with van der Waals surface area (Å²) < 4.78 is 11.2. The number of aromatic carboxylic acids is 1. The van der Waals surface area contributed by atoms with Crippen LogP contribution in [0.15, 0.2) is 3.92 Å². The summed E-state index contributed by atoms with van der Waals surface area (Å²) in [4.78, 5) is 30.0. The molecule has 1 amide bonds. The van der Waals surface area contributed by atoms with E-state index in [4.69, 9.17) is 9.47 Å². The first kappa shape index (κ1) is 21.1. The summed E-state index contributed by atoms with van der Waals surface area (Å²) in [6.45, 7) is 6.76. The van der Waals surface area contributed by atoms with Gasteiger partial charge in [0, 0.05) is 26.2 Å². The van der Waals surface area contributed by atoms with Crippen LogP contribution < -0.4 is 5.32 Å². The molecular weight excluding hydrogens is 426 g/mol. The number of nitrogens with zero attached hydrogens (tertiary/aromatic N) is 2. The number of halogens is 1. The Morgan fingerprint density at radius 2 is 2.15 bits per heavy atom. The fourth-order valence-corrected chi connectivity index (χ4v) is 4.30. The lowest BCUT2D eigenvalue weighted by atomic mass is 10.2. The van der Waals surface area contributed by atoms with Crippen LogP contribution >= 0.6 is 27.3 Å². The van der Waals surface area contributed by atoms with Gasteiger partial charge < -0.3 is 24.8 Å². The maximum Gasteiger partial charge on any atom is 0.410 e. The van der Waals surface area contributed by atoms with Crippen LogP contribution in [0, 0.1) is 0 Å². The van der Waals surface area contributed by atoms with Gasteiger partial charge in [0.15, 0.2) is 9.61 Å². The molecule has 1 aliphatic heterocycles. The van der Waals surface area contributed by atoms with Gasteiger partial charge in [-0.2, -0.15) is 0 Å². The van der Waals surface area contributed by atoms with E-state index >= 15 is 0 Å². The summed E-state index contributed by atoms with van der Waals surface area (Å²) in [5.74, 6) is -1.05. The number of ether oxygens (including phenoxy) is 2. The molecule has 0 spiro atoms. The van der Waals surface area contributed by atoms with E-state index in [0.717, 1.165) is 0 Å². The number of nitrogens with one attached hydrogen (secondary N) is 1. The Labute approximate surface area is 165 Å². The third kappa shape index (κ3) is 5.63. The van der Waals surface area contributed by atoms with Crippen LogP contribution in [0.1, 0.15) is 42.6 Å². The molecule has 8 nitrogen and oxygen atoms in total. The number of rotatable bonds is 6. The van der Waals surface area contributed by atoms with Crippen LogP contribution in [0.3, 0.4) is 0 Å². The molecule has 1 aromatic rings. The summed E-state index contributed by atoms with van der Waals surface area (Å²) in [5, 5.41) is 12.5. The Morgan fingerprint density at radius 3 is 2.73 bits per heavy atom. The van der Waals surface area contributed by atoms with Crippen molar-refractivity contribution in [1.29, 1.82) is 0 Å². The molecule has 10 heteroatoms. The van der Waals surface area contributed by atoms with Gasteiger partial charge in [-0.05, 0) is 43.1 Å². The van der Waals surface area contributed by atoms with Gasteiger partial charge >= 0.3 is 12.1 Å². The number of carboxylic acid groups (broad SMARTS) is 1. The Morgan fingerprint density at radius 1 is 1.46 bits per heavy atom. The second kappa shape index (κ2) is 8.64. The minimum atomic E-state index is -1.05. The highest BCUT2D eigenvalue weighted by Crippen LogP contribution is 2.25. The van der Waals surface area contributed by atoms with Crippen molar-refractivity contribution < 1.29 is 24.2 Å². The van der Waals surface area contributed by atoms with Gasteiger partial charge in [-0.25, -0.2) is 14.6 Å². The van der Waals surface area contributed by atoms with E-state index in [1.807, 2.05) is 20.8 Å². The van der Waals surface area contributed by atoms with Crippen molar-refractivity contribution in [1.82, 2.24) is 15.2 Å². The predicted octanol–water partition coefficient (Wildman–Crippen LogP) is 2.72. The van der Waals surface area contributed by atoms with Crippen molar-refractivity contribution >= 4 is 39.3 Å². The Kier molecular flexibility index (Phi) is 7.00.